The molecule has 0 aromatic heterocycles. The summed E-state index contributed by atoms with van der Waals surface area (Å²) in [7, 11) is 0. The minimum Gasteiger partial charge on any atom is -0.299 e. The summed E-state index contributed by atoms with van der Waals surface area (Å²) in [6.45, 7) is 1.23. The summed E-state index contributed by atoms with van der Waals surface area (Å²) in [6.07, 6.45) is 12.5. The zero-order valence-corrected chi connectivity index (χ0v) is 11.9. The van der Waals surface area contributed by atoms with Gasteiger partial charge in [-0.25, -0.2) is 0 Å². The van der Waals surface area contributed by atoms with Gasteiger partial charge in [-0.05, 0) is 44.9 Å². The Morgan fingerprint density at radius 2 is 1.79 bits per heavy atom. The van der Waals surface area contributed by atoms with Crippen LogP contribution in [0.15, 0.2) is 11.1 Å². The third-order valence-electron chi connectivity index (χ3n) is 6.07. The van der Waals surface area contributed by atoms with E-state index in [1.165, 1.54) is 64.3 Å². The number of rotatable bonds is 0. The van der Waals surface area contributed by atoms with Crippen molar-refractivity contribution in [3.8, 4) is 0 Å². The normalized spacial score (nSPS) is 39.6. The number of fused-ring (bicyclic) bond motifs is 4. The average Bonchev–Trinajstić information content (AvgIpc) is 2.47. The molecule has 2 aliphatic carbocycles. The van der Waals surface area contributed by atoms with Gasteiger partial charge in [0, 0.05) is 31.0 Å². The maximum atomic E-state index is 12.5. The van der Waals surface area contributed by atoms with Crippen LogP contribution in [0.3, 0.4) is 0 Å². The SMILES string of the molecule is O=C1CC2C3=C(CCCC3)CCN2C2CCCCC12. The number of piperidine rings is 1. The van der Waals surface area contributed by atoms with Gasteiger partial charge in [0.25, 0.3) is 0 Å². The van der Waals surface area contributed by atoms with E-state index in [1.807, 2.05) is 0 Å². The number of Topliss-reactive ketones (excluding diaryl/α,β-unsaturated/α-hetero) is 1. The van der Waals surface area contributed by atoms with E-state index in [0.29, 0.717) is 23.8 Å². The fourth-order valence-electron chi connectivity index (χ4n) is 5.16. The fourth-order valence-corrected chi connectivity index (χ4v) is 5.16. The summed E-state index contributed by atoms with van der Waals surface area (Å²) in [5, 5.41) is 0. The van der Waals surface area contributed by atoms with Crippen molar-refractivity contribution in [3.63, 3.8) is 0 Å². The number of carbonyl (C=O) groups is 1. The Hall–Kier alpha value is -0.630. The number of hydrogen-bond acceptors (Lipinski definition) is 2. The van der Waals surface area contributed by atoms with Crippen molar-refractivity contribution in [2.45, 2.75) is 76.3 Å². The first-order valence-corrected chi connectivity index (χ1v) is 8.34. The summed E-state index contributed by atoms with van der Waals surface area (Å²) in [5.74, 6) is 0.973. The van der Waals surface area contributed by atoms with Gasteiger partial charge in [0.2, 0.25) is 0 Å². The van der Waals surface area contributed by atoms with Crippen molar-refractivity contribution in [1.29, 1.82) is 0 Å². The van der Waals surface area contributed by atoms with Crippen molar-refractivity contribution in [1.82, 2.24) is 4.90 Å². The molecule has 1 saturated carbocycles. The first-order valence-electron chi connectivity index (χ1n) is 8.34. The van der Waals surface area contributed by atoms with Crippen LogP contribution in [-0.2, 0) is 4.79 Å². The van der Waals surface area contributed by atoms with Gasteiger partial charge in [-0.1, -0.05) is 24.0 Å². The quantitative estimate of drug-likeness (QED) is 0.621. The van der Waals surface area contributed by atoms with Crippen LogP contribution < -0.4 is 0 Å². The smallest absolute Gasteiger partial charge is 0.139 e. The summed E-state index contributed by atoms with van der Waals surface area (Å²) < 4.78 is 0. The molecule has 0 aromatic rings. The number of nitrogens with zero attached hydrogens (tertiary/aromatic N) is 1. The third kappa shape index (κ3) is 1.91. The second-order valence-electron chi connectivity index (χ2n) is 6.97. The lowest BCUT2D eigenvalue weighted by Crippen LogP contribution is -2.58. The van der Waals surface area contributed by atoms with E-state index >= 15 is 0 Å². The van der Waals surface area contributed by atoms with Gasteiger partial charge in [0.05, 0.1) is 0 Å². The average molecular weight is 259 g/mol. The zero-order chi connectivity index (χ0) is 12.8. The number of ketones is 1. The topological polar surface area (TPSA) is 20.3 Å². The number of hydrogen-bond donors (Lipinski definition) is 0. The molecule has 0 radical (unpaired) electrons. The summed E-state index contributed by atoms with van der Waals surface area (Å²) in [5.41, 5.74) is 3.42. The van der Waals surface area contributed by atoms with Gasteiger partial charge in [-0.2, -0.15) is 0 Å². The van der Waals surface area contributed by atoms with Crippen LogP contribution in [0.4, 0.5) is 0 Å². The maximum Gasteiger partial charge on any atom is 0.139 e. The third-order valence-corrected chi connectivity index (χ3v) is 6.07. The molecule has 3 unspecified atom stereocenters. The first-order chi connectivity index (χ1) is 9.34. The van der Waals surface area contributed by atoms with Crippen LogP contribution in [0.2, 0.25) is 0 Å². The lowest BCUT2D eigenvalue weighted by atomic mass is 9.70. The second-order valence-corrected chi connectivity index (χ2v) is 6.97. The highest BCUT2D eigenvalue weighted by Gasteiger charge is 2.45. The monoisotopic (exact) mass is 259 g/mol. The van der Waals surface area contributed by atoms with Crippen LogP contribution in [-0.4, -0.2) is 29.3 Å². The Balaban J connectivity index is 1.66. The lowest BCUT2D eigenvalue weighted by molar-refractivity contribution is -0.133. The highest BCUT2D eigenvalue weighted by Crippen LogP contribution is 2.44. The van der Waals surface area contributed by atoms with E-state index in [2.05, 4.69) is 4.90 Å². The van der Waals surface area contributed by atoms with Crippen LogP contribution >= 0.6 is 0 Å². The minimum absolute atomic E-state index is 0.385. The molecule has 104 valence electrons. The minimum atomic E-state index is 0.385. The summed E-state index contributed by atoms with van der Waals surface area (Å²) in [6, 6.07) is 1.10. The van der Waals surface area contributed by atoms with Crippen LogP contribution in [0.1, 0.15) is 64.2 Å². The summed E-state index contributed by atoms with van der Waals surface area (Å²) >= 11 is 0. The molecule has 4 rings (SSSR count). The van der Waals surface area contributed by atoms with E-state index in [9.17, 15) is 4.79 Å². The first kappa shape index (κ1) is 12.1. The maximum absolute atomic E-state index is 12.5. The van der Waals surface area contributed by atoms with Gasteiger partial charge in [-0.3, -0.25) is 9.69 Å². The molecule has 0 spiro atoms. The molecule has 19 heavy (non-hydrogen) atoms. The summed E-state index contributed by atoms with van der Waals surface area (Å²) in [4.78, 5) is 15.3. The molecule has 2 heterocycles. The van der Waals surface area contributed by atoms with Crippen molar-refractivity contribution in [3.05, 3.63) is 11.1 Å². The molecule has 0 bridgehead atoms. The predicted molar refractivity (Wildman–Crippen MR) is 76.0 cm³/mol. The molecule has 2 nitrogen and oxygen atoms in total. The highest BCUT2D eigenvalue weighted by atomic mass is 16.1. The van der Waals surface area contributed by atoms with Crippen molar-refractivity contribution in [2.24, 2.45) is 5.92 Å². The Morgan fingerprint density at radius 1 is 0.947 bits per heavy atom. The Kier molecular flexibility index (Phi) is 3.02. The van der Waals surface area contributed by atoms with Crippen LogP contribution in [0, 0.1) is 5.92 Å². The van der Waals surface area contributed by atoms with Gasteiger partial charge >= 0.3 is 0 Å². The van der Waals surface area contributed by atoms with E-state index in [-0.39, 0.29) is 0 Å². The van der Waals surface area contributed by atoms with Crippen LogP contribution in [0.25, 0.3) is 0 Å². The zero-order valence-electron chi connectivity index (χ0n) is 11.9. The largest absolute Gasteiger partial charge is 0.299 e. The molecule has 0 aromatic carbocycles. The molecular formula is C17H25NO. The molecule has 3 atom stereocenters. The molecule has 0 amide bonds. The molecule has 2 heteroatoms. The number of carbonyl (C=O) groups excluding carboxylic acids is 1. The van der Waals surface area contributed by atoms with Gasteiger partial charge in [-0.15, -0.1) is 0 Å². The van der Waals surface area contributed by atoms with Crippen LogP contribution in [0.5, 0.6) is 0 Å². The Bertz CT molecular complexity index is 425. The second kappa shape index (κ2) is 4.73. The van der Waals surface area contributed by atoms with E-state index in [0.717, 1.165) is 6.42 Å². The van der Waals surface area contributed by atoms with Crippen molar-refractivity contribution in [2.75, 3.05) is 6.54 Å². The molecule has 2 aliphatic heterocycles. The molecular weight excluding hydrogens is 234 g/mol. The molecule has 4 aliphatic rings. The molecule has 0 N–H and O–H groups in total. The van der Waals surface area contributed by atoms with Gasteiger partial charge in [0.15, 0.2) is 0 Å². The van der Waals surface area contributed by atoms with E-state index in [4.69, 9.17) is 0 Å². The molecule has 2 fully saturated rings. The van der Waals surface area contributed by atoms with Crippen molar-refractivity contribution >= 4 is 5.78 Å². The Morgan fingerprint density at radius 3 is 2.74 bits per heavy atom. The van der Waals surface area contributed by atoms with Crippen molar-refractivity contribution < 1.29 is 4.79 Å². The highest BCUT2D eigenvalue weighted by molar-refractivity contribution is 5.84. The fraction of sp³-hybridized carbons (Fsp3) is 0.824. The van der Waals surface area contributed by atoms with E-state index in [1.54, 1.807) is 11.1 Å². The lowest BCUT2D eigenvalue weighted by Gasteiger charge is -2.51. The van der Waals surface area contributed by atoms with E-state index < -0.39 is 0 Å². The molecule has 1 saturated heterocycles. The predicted octanol–water partition coefficient (Wildman–Crippen LogP) is 3.46. The standard InChI is InChI=1S/C17H25NO/c19-17-11-16-13-6-2-1-5-12(13)9-10-18(16)15-8-4-3-7-14(15)17/h14-16H,1-11H2. The van der Waals surface area contributed by atoms with Gasteiger partial charge < -0.3 is 0 Å². The Labute approximate surface area is 116 Å². The van der Waals surface area contributed by atoms with Gasteiger partial charge in [0.1, 0.15) is 5.78 Å².